The molecule has 7 heteroatoms. The molecule has 1 aromatic heterocycles. The van der Waals surface area contributed by atoms with Gasteiger partial charge in [0.25, 0.3) is 5.91 Å². The van der Waals surface area contributed by atoms with Gasteiger partial charge >= 0.3 is 5.91 Å². The largest absolute Gasteiger partial charge is 0.616 e. The van der Waals surface area contributed by atoms with E-state index in [4.69, 9.17) is 0 Å². The summed E-state index contributed by atoms with van der Waals surface area (Å²) in [6, 6.07) is 2.36. The first-order chi connectivity index (χ1) is 9.10. The van der Waals surface area contributed by atoms with Crippen LogP contribution in [0.5, 0.6) is 0 Å². The fourth-order valence-electron chi connectivity index (χ4n) is 1.36. The van der Waals surface area contributed by atoms with Crippen LogP contribution in [0.15, 0.2) is 24.5 Å². The zero-order valence-electron chi connectivity index (χ0n) is 10.7. The summed E-state index contributed by atoms with van der Waals surface area (Å²) in [5.74, 6) is -0.781. The highest BCUT2D eigenvalue weighted by Crippen LogP contribution is 2.02. The van der Waals surface area contributed by atoms with E-state index in [2.05, 4.69) is 10.3 Å². The molecule has 0 fully saturated rings. The zero-order valence-corrected chi connectivity index (χ0v) is 11.5. The van der Waals surface area contributed by atoms with Crippen LogP contribution < -0.4 is 5.32 Å². The Bertz CT molecular complexity index is 476. The van der Waals surface area contributed by atoms with Crippen molar-refractivity contribution in [3.63, 3.8) is 0 Å². The lowest BCUT2D eigenvalue weighted by atomic mass is 10.2. The van der Waals surface area contributed by atoms with Crippen LogP contribution in [0.1, 0.15) is 17.3 Å². The number of carbonyl (C=O) groups is 2. The number of carbonyl (C=O) groups excluding carboxylic acids is 2. The van der Waals surface area contributed by atoms with Crippen molar-refractivity contribution in [3.05, 3.63) is 35.3 Å². The number of pyridine rings is 1. The van der Waals surface area contributed by atoms with Gasteiger partial charge < -0.3 is 10.5 Å². The SMILES string of the molecule is C/C=[N+](/[O-])C(=O)[C@H](CSC)NC(=O)c1cccnc1. The second-order valence-electron chi connectivity index (χ2n) is 3.65. The molecule has 0 aliphatic carbocycles. The maximum atomic E-state index is 11.9. The average Bonchev–Trinajstić information content (AvgIpc) is 2.46. The van der Waals surface area contributed by atoms with Gasteiger partial charge in [-0.25, -0.2) is 4.79 Å². The minimum atomic E-state index is -0.851. The molecule has 1 aromatic rings. The fourth-order valence-corrected chi connectivity index (χ4v) is 1.92. The Morgan fingerprint density at radius 1 is 1.63 bits per heavy atom. The number of rotatable bonds is 5. The summed E-state index contributed by atoms with van der Waals surface area (Å²) in [5.41, 5.74) is 0.347. The number of nitrogens with one attached hydrogen (secondary N) is 1. The maximum absolute atomic E-state index is 11.9. The lowest BCUT2D eigenvalue weighted by molar-refractivity contribution is -0.379. The van der Waals surface area contributed by atoms with Crippen LogP contribution in [0.25, 0.3) is 0 Å². The van der Waals surface area contributed by atoms with E-state index >= 15 is 0 Å². The van der Waals surface area contributed by atoms with Crippen molar-refractivity contribution in [1.82, 2.24) is 10.3 Å². The molecule has 0 spiro atoms. The Balaban J connectivity index is 2.79. The van der Waals surface area contributed by atoms with E-state index in [-0.39, 0.29) is 4.74 Å². The molecule has 0 radical (unpaired) electrons. The van der Waals surface area contributed by atoms with Crippen molar-refractivity contribution in [1.29, 1.82) is 0 Å². The molecule has 6 nitrogen and oxygen atoms in total. The van der Waals surface area contributed by atoms with Gasteiger partial charge in [-0.05, 0) is 18.4 Å². The molecule has 0 aliphatic rings. The molecular formula is C12H15N3O3S. The Morgan fingerprint density at radius 2 is 2.37 bits per heavy atom. The summed E-state index contributed by atoms with van der Waals surface area (Å²) in [4.78, 5) is 27.5. The molecule has 0 bridgehead atoms. The van der Waals surface area contributed by atoms with Gasteiger partial charge in [0.05, 0.1) is 5.56 Å². The minimum absolute atomic E-state index is 0.227. The average molecular weight is 281 g/mol. The Morgan fingerprint density at radius 3 is 2.89 bits per heavy atom. The Hall–Kier alpha value is -1.89. The van der Waals surface area contributed by atoms with Gasteiger partial charge in [0, 0.05) is 25.1 Å². The second-order valence-corrected chi connectivity index (χ2v) is 4.56. The van der Waals surface area contributed by atoms with E-state index < -0.39 is 17.9 Å². The lowest BCUT2D eigenvalue weighted by Crippen LogP contribution is -2.46. The van der Waals surface area contributed by atoms with E-state index in [1.165, 1.54) is 24.9 Å². The van der Waals surface area contributed by atoms with Crippen molar-refractivity contribution >= 4 is 29.8 Å². The van der Waals surface area contributed by atoms with Crippen LogP contribution in [0.3, 0.4) is 0 Å². The van der Waals surface area contributed by atoms with Crippen LogP contribution in [0.4, 0.5) is 0 Å². The Labute approximate surface area is 115 Å². The van der Waals surface area contributed by atoms with E-state index in [0.717, 1.165) is 6.21 Å². The van der Waals surface area contributed by atoms with Gasteiger partial charge in [-0.3, -0.25) is 9.78 Å². The first-order valence-corrected chi connectivity index (χ1v) is 6.99. The summed E-state index contributed by atoms with van der Waals surface area (Å²) in [6.07, 6.45) is 5.86. The molecule has 1 rings (SSSR count). The molecule has 102 valence electrons. The molecule has 19 heavy (non-hydrogen) atoms. The number of thioether (sulfide) groups is 1. The van der Waals surface area contributed by atoms with Crippen molar-refractivity contribution in [2.45, 2.75) is 13.0 Å². The van der Waals surface area contributed by atoms with E-state index in [0.29, 0.717) is 11.3 Å². The third-order valence-electron chi connectivity index (χ3n) is 2.31. The summed E-state index contributed by atoms with van der Waals surface area (Å²) < 4.78 is 0.227. The summed E-state index contributed by atoms with van der Waals surface area (Å²) in [5, 5.41) is 13.8. The molecule has 1 N–H and O–H groups in total. The number of aromatic nitrogens is 1. The van der Waals surface area contributed by atoms with Gasteiger partial charge in [-0.2, -0.15) is 11.8 Å². The number of nitrogens with zero attached hydrogens (tertiary/aromatic N) is 2. The maximum Gasteiger partial charge on any atom is 0.420 e. The first kappa shape index (κ1) is 15.2. The second kappa shape index (κ2) is 7.52. The van der Waals surface area contributed by atoms with Crippen LogP contribution >= 0.6 is 11.8 Å². The van der Waals surface area contributed by atoms with Crippen LogP contribution in [0.2, 0.25) is 0 Å². The van der Waals surface area contributed by atoms with Crippen LogP contribution in [0, 0.1) is 5.21 Å². The van der Waals surface area contributed by atoms with Gasteiger partial charge in [0.2, 0.25) is 0 Å². The molecule has 1 heterocycles. The minimum Gasteiger partial charge on any atom is -0.616 e. The number of amides is 2. The van der Waals surface area contributed by atoms with Crippen molar-refractivity contribution in [2.24, 2.45) is 0 Å². The predicted octanol–water partition coefficient (Wildman–Crippen LogP) is 0.671. The monoisotopic (exact) mass is 281 g/mol. The van der Waals surface area contributed by atoms with Gasteiger partial charge in [-0.15, -0.1) is 4.74 Å². The third-order valence-corrected chi connectivity index (χ3v) is 2.98. The third kappa shape index (κ3) is 4.36. The molecule has 0 saturated heterocycles. The van der Waals surface area contributed by atoms with Crippen LogP contribution in [-0.4, -0.2) is 45.8 Å². The van der Waals surface area contributed by atoms with Gasteiger partial charge in [0.15, 0.2) is 12.3 Å². The Kier molecular flexibility index (Phi) is 6.01. The zero-order chi connectivity index (χ0) is 14.3. The lowest BCUT2D eigenvalue weighted by Gasteiger charge is -2.14. The number of hydrogen-bond donors (Lipinski definition) is 1. The quantitative estimate of drug-likeness (QED) is 0.371. The summed E-state index contributed by atoms with van der Waals surface area (Å²) in [6.45, 7) is 1.46. The van der Waals surface area contributed by atoms with Gasteiger partial charge in [0.1, 0.15) is 0 Å². The van der Waals surface area contributed by atoms with Crippen LogP contribution in [-0.2, 0) is 4.79 Å². The molecule has 2 amide bonds. The topological polar surface area (TPSA) is 85.1 Å². The fraction of sp³-hybridized carbons (Fsp3) is 0.333. The molecule has 0 aromatic carbocycles. The van der Waals surface area contributed by atoms with E-state index in [1.54, 1.807) is 24.6 Å². The summed E-state index contributed by atoms with van der Waals surface area (Å²) >= 11 is 1.37. The predicted molar refractivity (Wildman–Crippen MR) is 74.2 cm³/mol. The number of hydroxylamine groups is 1. The van der Waals surface area contributed by atoms with Crippen molar-refractivity contribution in [3.8, 4) is 0 Å². The number of hydrogen-bond acceptors (Lipinski definition) is 5. The van der Waals surface area contributed by atoms with E-state index in [1.807, 2.05) is 0 Å². The standard InChI is InChI=1S/C12H15N3O3S/c1-3-15(18)12(17)10(8-19-2)14-11(16)9-5-4-6-13-7-9/h3-7,10H,8H2,1-2H3,(H,14,16)/b15-3+/t10-/m0/s1. The molecular weight excluding hydrogens is 266 g/mol. The molecule has 0 saturated carbocycles. The summed E-state index contributed by atoms with van der Waals surface area (Å²) in [7, 11) is 0. The molecule has 0 aliphatic heterocycles. The van der Waals surface area contributed by atoms with Crippen molar-refractivity contribution < 1.29 is 14.3 Å². The highest BCUT2D eigenvalue weighted by Gasteiger charge is 2.27. The van der Waals surface area contributed by atoms with E-state index in [9.17, 15) is 14.8 Å². The molecule has 1 atom stereocenters. The normalized spacial score (nSPS) is 12.8. The highest BCUT2D eigenvalue weighted by atomic mass is 32.2. The molecule has 0 unspecified atom stereocenters. The highest BCUT2D eigenvalue weighted by molar-refractivity contribution is 7.98. The smallest absolute Gasteiger partial charge is 0.420 e. The first-order valence-electron chi connectivity index (χ1n) is 5.59. The van der Waals surface area contributed by atoms with Crippen molar-refractivity contribution in [2.75, 3.05) is 12.0 Å². The van der Waals surface area contributed by atoms with Gasteiger partial charge in [-0.1, -0.05) is 0 Å².